The Morgan fingerprint density at radius 1 is 1.37 bits per heavy atom. The fraction of sp³-hybridized carbons (Fsp3) is 0.385. The van der Waals surface area contributed by atoms with Crippen molar-refractivity contribution >= 4 is 17.7 Å². The van der Waals surface area contributed by atoms with Gasteiger partial charge in [0.05, 0.1) is 12.0 Å². The number of urea groups is 1. The number of aliphatic carboxylic acids is 1. The summed E-state index contributed by atoms with van der Waals surface area (Å²) in [4.78, 5) is 22.5. The van der Waals surface area contributed by atoms with Crippen LogP contribution in [0.15, 0.2) is 24.3 Å². The van der Waals surface area contributed by atoms with Crippen LogP contribution in [0.2, 0.25) is 0 Å². The molecule has 1 aromatic rings. The molecule has 0 atom stereocenters. The second kappa shape index (κ2) is 5.26. The predicted molar refractivity (Wildman–Crippen MR) is 67.4 cm³/mol. The summed E-state index contributed by atoms with van der Waals surface area (Å²) in [6.07, 6.45) is 2.10. The van der Waals surface area contributed by atoms with Gasteiger partial charge in [0.1, 0.15) is 5.82 Å². The zero-order valence-electron chi connectivity index (χ0n) is 10.3. The molecule has 1 aliphatic rings. The van der Waals surface area contributed by atoms with Crippen LogP contribution >= 0.6 is 0 Å². The van der Waals surface area contributed by atoms with Gasteiger partial charge in [-0.1, -0.05) is 6.07 Å². The third-order valence-corrected chi connectivity index (χ3v) is 3.26. The zero-order valence-corrected chi connectivity index (χ0v) is 10.3. The monoisotopic (exact) mass is 266 g/mol. The first-order chi connectivity index (χ1) is 8.99. The molecule has 19 heavy (non-hydrogen) atoms. The van der Waals surface area contributed by atoms with E-state index < -0.39 is 23.4 Å². The summed E-state index contributed by atoms with van der Waals surface area (Å²) in [7, 11) is 0. The van der Waals surface area contributed by atoms with Gasteiger partial charge in [0, 0.05) is 5.69 Å². The minimum absolute atomic E-state index is 0.0937. The molecule has 0 heterocycles. The van der Waals surface area contributed by atoms with Crippen molar-refractivity contribution in [3.8, 4) is 0 Å². The molecule has 0 aliphatic heterocycles. The molecular formula is C13H15FN2O3. The minimum atomic E-state index is -0.939. The van der Waals surface area contributed by atoms with Gasteiger partial charge in [-0.2, -0.15) is 0 Å². The Morgan fingerprint density at radius 2 is 2.11 bits per heavy atom. The second-order valence-corrected chi connectivity index (χ2v) is 4.79. The van der Waals surface area contributed by atoms with Crippen LogP contribution in [-0.2, 0) is 4.79 Å². The smallest absolute Gasteiger partial charge is 0.319 e. The van der Waals surface area contributed by atoms with E-state index in [1.165, 1.54) is 18.2 Å². The highest BCUT2D eigenvalue weighted by Gasteiger charge is 2.40. The van der Waals surface area contributed by atoms with E-state index in [9.17, 15) is 14.0 Å². The van der Waals surface area contributed by atoms with E-state index in [4.69, 9.17) is 5.11 Å². The lowest BCUT2D eigenvalue weighted by Gasteiger charge is -2.41. The predicted octanol–water partition coefficient (Wildman–Crippen LogP) is 2.34. The highest BCUT2D eigenvalue weighted by atomic mass is 19.1. The maximum Gasteiger partial charge on any atom is 0.319 e. The standard InChI is InChI=1S/C13H15FN2O3/c14-9-3-1-4-10(7-9)15-12(19)16-13(5-2-6-13)8-11(17)18/h1,3-4,7H,2,5-6,8H2,(H,17,18)(H2,15,16,19). The quantitative estimate of drug-likeness (QED) is 0.782. The van der Waals surface area contributed by atoms with Gasteiger partial charge in [0.25, 0.3) is 0 Å². The van der Waals surface area contributed by atoms with Gasteiger partial charge >= 0.3 is 12.0 Å². The summed E-state index contributed by atoms with van der Waals surface area (Å²) in [6, 6.07) is 5.02. The van der Waals surface area contributed by atoms with E-state index in [0.717, 1.165) is 6.42 Å². The third kappa shape index (κ3) is 3.43. The van der Waals surface area contributed by atoms with Crippen molar-refractivity contribution in [1.82, 2.24) is 5.32 Å². The summed E-state index contributed by atoms with van der Waals surface area (Å²) >= 11 is 0. The number of rotatable bonds is 4. The highest BCUT2D eigenvalue weighted by Crippen LogP contribution is 2.34. The largest absolute Gasteiger partial charge is 0.481 e. The lowest BCUT2D eigenvalue weighted by Crippen LogP contribution is -2.55. The van der Waals surface area contributed by atoms with Crippen molar-refractivity contribution in [3.05, 3.63) is 30.1 Å². The lowest BCUT2D eigenvalue weighted by molar-refractivity contribution is -0.139. The van der Waals surface area contributed by atoms with Crippen LogP contribution in [-0.4, -0.2) is 22.6 Å². The average molecular weight is 266 g/mol. The summed E-state index contributed by atoms with van der Waals surface area (Å²) < 4.78 is 13.0. The van der Waals surface area contributed by atoms with Crippen LogP contribution in [0.25, 0.3) is 0 Å². The fourth-order valence-corrected chi connectivity index (χ4v) is 2.21. The summed E-state index contributed by atoms with van der Waals surface area (Å²) in [5, 5.41) is 14.0. The average Bonchev–Trinajstić information content (AvgIpc) is 2.25. The summed E-state index contributed by atoms with van der Waals surface area (Å²) in [5.74, 6) is -1.38. The number of hydrogen-bond donors (Lipinski definition) is 3. The number of anilines is 1. The van der Waals surface area contributed by atoms with E-state index in [1.54, 1.807) is 6.07 Å². The van der Waals surface area contributed by atoms with Crippen LogP contribution in [0.4, 0.5) is 14.9 Å². The number of hydrogen-bond acceptors (Lipinski definition) is 2. The molecule has 1 aromatic carbocycles. The maximum absolute atomic E-state index is 13.0. The fourth-order valence-electron chi connectivity index (χ4n) is 2.21. The second-order valence-electron chi connectivity index (χ2n) is 4.79. The molecule has 1 aliphatic carbocycles. The molecule has 6 heteroatoms. The van der Waals surface area contributed by atoms with Crippen LogP contribution < -0.4 is 10.6 Å². The number of benzene rings is 1. The molecule has 0 spiro atoms. The van der Waals surface area contributed by atoms with E-state index in [1.807, 2.05) is 0 Å². The molecule has 2 rings (SSSR count). The number of carboxylic acid groups (broad SMARTS) is 1. The number of carbonyl (C=O) groups is 2. The first-order valence-corrected chi connectivity index (χ1v) is 6.06. The Kier molecular flexibility index (Phi) is 3.69. The molecule has 0 saturated heterocycles. The van der Waals surface area contributed by atoms with Crippen LogP contribution in [0.5, 0.6) is 0 Å². The number of carboxylic acids is 1. The van der Waals surface area contributed by atoms with Crippen LogP contribution in [0, 0.1) is 5.82 Å². The zero-order chi connectivity index (χ0) is 13.9. The Bertz CT molecular complexity index is 500. The lowest BCUT2D eigenvalue weighted by atomic mass is 9.74. The van der Waals surface area contributed by atoms with Gasteiger partial charge in [0.2, 0.25) is 0 Å². The van der Waals surface area contributed by atoms with Crippen LogP contribution in [0.1, 0.15) is 25.7 Å². The van der Waals surface area contributed by atoms with E-state index in [-0.39, 0.29) is 6.42 Å². The Balaban J connectivity index is 1.95. The molecular weight excluding hydrogens is 251 g/mol. The maximum atomic E-state index is 13.0. The summed E-state index contributed by atoms with van der Waals surface area (Å²) in [5.41, 5.74) is -0.328. The number of halogens is 1. The molecule has 5 nitrogen and oxygen atoms in total. The Labute approximate surface area is 109 Å². The van der Waals surface area contributed by atoms with Crippen molar-refractivity contribution in [1.29, 1.82) is 0 Å². The van der Waals surface area contributed by atoms with Gasteiger partial charge < -0.3 is 15.7 Å². The van der Waals surface area contributed by atoms with Crippen LogP contribution in [0.3, 0.4) is 0 Å². The molecule has 102 valence electrons. The molecule has 0 radical (unpaired) electrons. The highest BCUT2D eigenvalue weighted by molar-refractivity contribution is 5.90. The van der Waals surface area contributed by atoms with Crippen molar-refractivity contribution < 1.29 is 19.1 Å². The molecule has 1 saturated carbocycles. The number of nitrogens with one attached hydrogen (secondary N) is 2. The van der Waals surface area contributed by atoms with Crippen molar-refractivity contribution in [2.24, 2.45) is 0 Å². The van der Waals surface area contributed by atoms with Crippen molar-refractivity contribution in [2.75, 3.05) is 5.32 Å². The molecule has 3 N–H and O–H groups in total. The number of amides is 2. The van der Waals surface area contributed by atoms with Gasteiger partial charge in [-0.15, -0.1) is 0 Å². The third-order valence-electron chi connectivity index (χ3n) is 3.26. The van der Waals surface area contributed by atoms with E-state index in [0.29, 0.717) is 18.5 Å². The van der Waals surface area contributed by atoms with Gasteiger partial charge in [-0.25, -0.2) is 9.18 Å². The SMILES string of the molecule is O=C(O)CC1(NC(=O)Nc2cccc(F)c2)CCC1. The van der Waals surface area contributed by atoms with E-state index >= 15 is 0 Å². The van der Waals surface area contributed by atoms with Gasteiger partial charge in [-0.3, -0.25) is 4.79 Å². The summed E-state index contributed by atoms with van der Waals surface area (Å²) in [6.45, 7) is 0. The first-order valence-electron chi connectivity index (χ1n) is 6.06. The first kappa shape index (κ1) is 13.3. The van der Waals surface area contributed by atoms with Crippen molar-refractivity contribution in [3.63, 3.8) is 0 Å². The van der Waals surface area contributed by atoms with Crippen molar-refractivity contribution in [2.45, 2.75) is 31.2 Å². The molecule has 2 amide bonds. The van der Waals surface area contributed by atoms with Gasteiger partial charge in [0.15, 0.2) is 0 Å². The normalized spacial score (nSPS) is 16.3. The molecule has 1 fully saturated rings. The minimum Gasteiger partial charge on any atom is -0.481 e. The topological polar surface area (TPSA) is 78.4 Å². The molecule has 0 unspecified atom stereocenters. The van der Waals surface area contributed by atoms with Gasteiger partial charge in [-0.05, 0) is 37.5 Å². The molecule has 0 bridgehead atoms. The molecule has 0 aromatic heterocycles. The Morgan fingerprint density at radius 3 is 2.63 bits per heavy atom. The Hall–Kier alpha value is -2.11. The van der Waals surface area contributed by atoms with E-state index in [2.05, 4.69) is 10.6 Å². The number of carbonyl (C=O) groups excluding carboxylic acids is 1.